The fourth-order valence-electron chi connectivity index (χ4n) is 5.74. The Morgan fingerprint density at radius 1 is 1.03 bits per heavy atom. The van der Waals surface area contributed by atoms with Gasteiger partial charge in [-0.15, -0.1) is 0 Å². The lowest BCUT2D eigenvalue weighted by Gasteiger charge is -2.42. The Morgan fingerprint density at radius 3 is 2.45 bits per heavy atom. The standard InChI is InChI=1S/C28H41N5O5/c1-32-19-25(35)31-28(13-16-33(17-14-28)26(36)20-38-22-10-3-2-4-11-22)18-24(34)29-15-7-12-23(27(32)37)30-21-8-5-6-9-21/h2-4,10-11,21,23,30H,5-9,12-20H2,1H3,(H,29,34)(H,31,35)/t23-/m0/s1. The molecule has 1 aliphatic carbocycles. The van der Waals surface area contributed by atoms with Gasteiger partial charge in [0.2, 0.25) is 17.7 Å². The van der Waals surface area contributed by atoms with E-state index in [-0.39, 0.29) is 49.2 Å². The highest BCUT2D eigenvalue weighted by molar-refractivity contribution is 5.88. The predicted molar refractivity (Wildman–Crippen MR) is 142 cm³/mol. The number of carbonyl (C=O) groups is 4. The third-order valence-corrected chi connectivity index (χ3v) is 7.92. The van der Waals surface area contributed by atoms with Gasteiger partial charge < -0.3 is 30.5 Å². The smallest absolute Gasteiger partial charge is 0.260 e. The normalized spacial score (nSPS) is 23.7. The molecule has 38 heavy (non-hydrogen) atoms. The number of amides is 4. The minimum absolute atomic E-state index is 0.0627. The Hall–Kier alpha value is -3.14. The molecule has 2 saturated heterocycles. The van der Waals surface area contributed by atoms with Crippen molar-refractivity contribution in [2.75, 3.05) is 39.8 Å². The van der Waals surface area contributed by atoms with Crippen LogP contribution in [0, 0.1) is 0 Å². The molecular weight excluding hydrogens is 486 g/mol. The van der Waals surface area contributed by atoms with Gasteiger partial charge in [-0.1, -0.05) is 31.0 Å². The van der Waals surface area contributed by atoms with Crippen molar-refractivity contribution < 1.29 is 23.9 Å². The number of nitrogens with zero attached hydrogens (tertiary/aromatic N) is 2. The van der Waals surface area contributed by atoms with Crippen LogP contribution in [0.5, 0.6) is 5.75 Å². The second-order valence-electron chi connectivity index (χ2n) is 10.9. The van der Waals surface area contributed by atoms with E-state index in [0.717, 1.165) is 25.7 Å². The molecular formula is C28H41N5O5. The summed E-state index contributed by atoms with van der Waals surface area (Å²) in [4.78, 5) is 55.1. The number of nitrogens with one attached hydrogen (secondary N) is 3. The summed E-state index contributed by atoms with van der Waals surface area (Å²) in [6.07, 6.45) is 6.77. The summed E-state index contributed by atoms with van der Waals surface area (Å²) in [7, 11) is 1.66. The monoisotopic (exact) mass is 527 g/mol. The number of likely N-dealkylation sites (tertiary alicyclic amines) is 1. The summed E-state index contributed by atoms with van der Waals surface area (Å²) >= 11 is 0. The summed E-state index contributed by atoms with van der Waals surface area (Å²) in [5.41, 5.74) is -0.766. The average molecular weight is 528 g/mol. The van der Waals surface area contributed by atoms with Crippen molar-refractivity contribution >= 4 is 23.6 Å². The molecule has 0 unspecified atom stereocenters. The van der Waals surface area contributed by atoms with Crippen LogP contribution in [0.2, 0.25) is 0 Å². The van der Waals surface area contributed by atoms with Gasteiger partial charge in [0, 0.05) is 39.1 Å². The predicted octanol–water partition coefficient (Wildman–Crippen LogP) is 1.20. The van der Waals surface area contributed by atoms with Gasteiger partial charge in [0.25, 0.3) is 5.91 Å². The molecule has 4 rings (SSSR count). The fraction of sp³-hybridized carbons (Fsp3) is 0.643. The van der Waals surface area contributed by atoms with Gasteiger partial charge in [-0.05, 0) is 50.7 Å². The van der Waals surface area contributed by atoms with Crippen LogP contribution in [-0.2, 0) is 19.2 Å². The zero-order valence-corrected chi connectivity index (χ0v) is 22.4. The Morgan fingerprint density at radius 2 is 1.74 bits per heavy atom. The Kier molecular flexibility index (Phi) is 9.60. The number of likely N-dealkylation sites (N-methyl/N-ethyl adjacent to an activating group) is 1. The van der Waals surface area contributed by atoms with Gasteiger partial charge in [0.15, 0.2) is 6.61 Å². The number of piperidine rings is 1. The summed E-state index contributed by atoms with van der Waals surface area (Å²) < 4.78 is 5.60. The maximum Gasteiger partial charge on any atom is 0.260 e. The number of hydrogen-bond donors (Lipinski definition) is 3. The van der Waals surface area contributed by atoms with Crippen molar-refractivity contribution in [1.29, 1.82) is 0 Å². The maximum atomic E-state index is 13.2. The molecule has 10 heteroatoms. The Bertz CT molecular complexity index is 973. The first-order valence-corrected chi connectivity index (χ1v) is 13.9. The molecule has 2 heterocycles. The molecule has 2 aliphatic heterocycles. The highest BCUT2D eigenvalue weighted by atomic mass is 16.5. The number of carbonyl (C=O) groups excluding carboxylic acids is 4. The number of rotatable bonds is 5. The molecule has 1 aromatic rings. The van der Waals surface area contributed by atoms with Crippen molar-refractivity contribution in [3.8, 4) is 5.75 Å². The van der Waals surface area contributed by atoms with E-state index in [4.69, 9.17) is 4.74 Å². The maximum absolute atomic E-state index is 13.2. The summed E-state index contributed by atoms with van der Waals surface area (Å²) in [5, 5.41) is 9.55. The van der Waals surface area contributed by atoms with E-state index in [1.165, 1.54) is 4.90 Å². The van der Waals surface area contributed by atoms with Gasteiger partial charge in [0.1, 0.15) is 5.75 Å². The van der Waals surface area contributed by atoms with Crippen molar-refractivity contribution in [3.05, 3.63) is 30.3 Å². The lowest BCUT2D eigenvalue weighted by Crippen LogP contribution is -2.59. The fourth-order valence-corrected chi connectivity index (χ4v) is 5.74. The Balaban J connectivity index is 1.36. The molecule has 1 spiro atoms. The van der Waals surface area contributed by atoms with Crippen LogP contribution in [-0.4, -0.2) is 90.9 Å². The first-order chi connectivity index (χ1) is 18.3. The molecule has 3 aliphatic rings. The van der Waals surface area contributed by atoms with Gasteiger partial charge in [0.05, 0.1) is 18.1 Å². The topological polar surface area (TPSA) is 120 Å². The zero-order chi connectivity index (χ0) is 27.0. The molecule has 0 radical (unpaired) electrons. The van der Waals surface area contributed by atoms with Crippen LogP contribution < -0.4 is 20.7 Å². The Labute approximate surface area is 224 Å². The second-order valence-corrected chi connectivity index (χ2v) is 10.9. The van der Waals surface area contributed by atoms with Gasteiger partial charge in [-0.3, -0.25) is 19.2 Å². The molecule has 3 N–H and O–H groups in total. The molecule has 208 valence electrons. The third-order valence-electron chi connectivity index (χ3n) is 7.92. The largest absolute Gasteiger partial charge is 0.484 e. The minimum atomic E-state index is -0.766. The molecule has 4 amide bonds. The van der Waals surface area contributed by atoms with Crippen molar-refractivity contribution in [2.24, 2.45) is 0 Å². The quantitative estimate of drug-likeness (QED) is 0.530. The number of ether oxygens (including phenoxy) is 1. The molecule has 10 nitrogen and oxygen atoms in total. The number of benzene rings is 1. The first kappa shape index (κ1) is 27.9. The second kappa shape index (κ2) is 13.1. The van der Waals surface area contributed by atoms with Crippen LogP contribution in [0.3, 0.4) is 0 Å². The average Bonchev–Trinajstić information content (AvgIpc) is 3.42. The van der Waals surface area contributed by atoms with Crippen LogP contribution in [0.15, 0.2) is 30.3 Å². The van der Waals surface area contributed by atoms with Crippen LogP contribution in [0.4, 0.5) is 0 Å². The molecule has 0 aromatic heterocycles. The van der Waals surface area contributed by atoms with Crippen LogP contribution >= 0.6 is 0 Å². The summed E-state index contributed by atoms with van der Waals surface area (Å²) in [6, 6.07) is 9.14. The van der Waals surface area contributed by atoms with E-state index in [1.807, 2.05) is 18.2 Å². The van der Waals surface area contributed by atoms with E-state index < -0.39 is 5.54 Å². The van der Waals surface area contributed by atoms with Crippen molar-refractivity contribution in [1.82, 2.24) is 25.8 Å². The highest BCUT2D eigenvalue weighted by Gasteiger charge is 2.40. The van der Waals surface area contributed by atoms with Gasteiger partial charge in [-0.25, -0.2) is 0 Å². The SMILES string of the molecule is CN1CC(=O)NC2(CCN(C(=O)COc3ccccc3)CC2)CC(=O)NCCC[C@H](NC2CCCC2)C1=O. The van der Waals surface area contributed by atoms with E-state index in [9.17, 15) is 19.2 Å². The lowest BCUT2D eigenvalue weighted by atomic mass is 9.83. The molecule has 0 bridgehead atoms. The highest BCUT2D eigenvalue weighted by Crippen LogP contribution is 2.27. The van der Waals surface area contributed by atoms with E-state index >= 15 is 0 Å². The first-order valence-electron chi connectivity index (χ1n) is 13.9. The zero-order valence-electron chi connectivity index (χ0n) is 22.4. The molecule has 3 fully saturated rings. The van der Waals surface area contributed by atoms with Crippen LogP contribution in [0.25, 0.3) is 0 Å². The molecule has 1 saturated carbocycles. The van der Waals surface area contributed by atoms with E-state index in [2.05, 4.69) is 16.0 Å². The summed E-state index contributed by atoms with van der Waals surface area (Å²) in [5.74, 6) is -0.00923. The van der Waals surface area contributed by atoms with Gasteiger partial charge >= 0.3 is 0 Å². The van der Waals surface area contributed by atoms with E-state index in [0.29, 0.717) is 57.1 Å². The minimum Gasteiger partial charge on any atom is -0.484 e. The lowest BCUT2D eigenvalue weighted by molar-refractivity contribution is -0.139. The molecule has 1 atom stereocenters. The number of para-hydroxylation sites is 1. The van der Waals surface area contributed by atoms with E-state index in [1.54, 1.807) is 24.1 Å². The van der Waals surface area contributed by atoms with Crippen molar-refractivity contribution in [2.45, 2.75) is 75.4 Å². The molecule has 1 aromatic carbocycles. The summed E-state index contributed by atoms with van der Waals surface area (Å²) in [6.45, 7) is 1.16. The number of hydrogen-bond acceptors (Lipinski definition) is 6. The third kappa shape index (κ3) is 7.69. The van der Waals surface area contributed by atoms with Crippen molar-refractivity contribution in [3.63, 3.8) is 0 Å². The van der Waals surface area contributed by atoms with Crippen LogP contribution in [0.1, 0.15) is 57.8 Å². The van der Waals surface area contributed by atoms with Gasteiger partial charge in [-0.2, -0.15) is 0 Å².